The molecule has 1 atom stereocenters. The number of para-hydroxylation sites is 1. The van der Waals surface area contributed by atoms with Crippen molar-refractivity contribution in [1.82, 2.24) is 4.90 Å². The van der Waals surface area contributed by atoms with Gasteiger partial charge in [-0.15, -0.1) is 0 Å². The van der Waals surface area contributed by atoms with Crippen molar-refractivity contribution in [1.29, 1.82) is 5.26 Å². The van der Waals surface area contributed by atoms with Crippen LogP contribution in [0.4, 0.5) is 10.5 Å². The number of carbonyl (C=O) groups excluding carboxylic acids is 2. The van der Waals surface area contributed by atoms with Gasteiger partial charge in [0.05, 0.1) is 18.2 Å². The van der Waals surface area contributed by atoms with Crippen molar-refractivity contribution in [3.8, 4) is 6.07 Å². The third-order valence-corrected chi connectivity index (χ3v) is 3.91. The highest BCUT2D eigenvalue weighted by atomic mass is 16.2. The summed E-state index contributed by atoms with van der Waals surface area (Å²) in [5.74, 6) is -0.219. The van der Waals surface area contributed by atoms with Crippen LogP contribution < -0.4 is 4.90 Å². The van der Waals surface area contributed by atoms with E-state index in [-0.39, 0.29) is 18.5 Å². The summed E-state index contributed by atoms with van der Waals surface area (Å²) in [6, 6.07) is 17.2. The molecule has 0 aliphatic carbocycles. The minimum atomic E-state index is -0.525. The monoisotopic (exact) mass is 305 g/mol. The molecule has 2 aromatic rings. The van der Waals surface area contributed by atoms with E-state index in [0.717, 1.165) is 5.56 Å². The molecule has 2 aromatic carbocycles. The van der Waals surface area contributed by atoms with Crippen molar-refractivity contribution in [3.63, 3.8) is 0 Å². The molecule has 0 spiro atoms. The lowest BCUT2D eigenvalue weighted by molar-refractivity contribution is -0.127. The molecule has 114 valence electrons. The second-order valence-corrected chi connectivity index (χ2v) is 5.40. The minimum absolute atomic E-state index is 0.205. The highest BCUT2D eigenvalue weighted by Gasteiger charge is 2.43. The van der Waals surface area contributed by atoms with Gasteiger partial charge in [-0.1, -0.05) is 30.3 Å². The predicted molar refractivity (Wildman–Crippen MR) is 85.5 cm³/mol. The van der Waals surface area contributed by atoms with Crippen LogP contribution in [-0.4, -0.2) is 22.9 Å². The van der Waals surface area contributed by atoms with E-state index in [1.54, 1.807) is 31.2 Å². The van der Waals surface area contributed by atoms with E-state index in [2.05, 4.69) is 0 Å². The normalized spacial score (nSPS) is 17.5. The molecule has 1 fully saturated rings. The van der Waals surface area contributed by atoms with Crippen LogP contribution in [0.1, 0.15) is 18.1 Å². The fourth-order valence-corrected chi connectivity index (χ4v) is 2.66. The van der Waals surface area contributed by atoms with Crippen LogP contribution >= 0.6 is 0 Å². The molecule has 1 unspecified atom stereocenters. The van der Waals surface area contributed by atoms with Crippen LogP contribution in [0.2, 0.25) is 0 Å². The summed E-state index contributed by atoms with van der Waals surface area (Å²) < 4.78 is 0. The molecular formula is C18H15N3O2. The van der Waals surface area contributed by atoms with Crippen LogP contribution in [0, 0.1) is 11.3 Å². The lowest BCUT2D eigenvalue weighted by atomic mass is 10.1. The molecule has 0 radical (unpaired) electrons. The fraction of sp³-hybridized carbons (Fsp3) is 0.167. The fourth-order valence-electron chi connectivity index (χ4n) is 2.66. The molecule has 0 bridgehead atoms. The Kier molecular flexibility index (Phi) is 3.82. The Hall–Kier alpha value is -3.13. The van der Waals surface area contributed by atoms with Crippen LogP contribution in [0.25, 0.3) is 0 Å². The van der Waals surface area contributed by atoms with E-state index in [9.17, 15) is 9.59 Å². The van der Waals surface area contributed by atoms with Crippen molar-refractivity contribution in [2.75, 3.05) is 4.90 Å². The first-order chi connectivity index (χ1) is 11.1. The largest absolute Gasteiger partial charge is 0.332 e. The molecule has 0 saturated carbocycles. The Morgan fingerprint density at radius 3 is 2.30 bits per heavy atom. The molecule has 1 heterocycles. The Balaban J connectivity index is 1.84. The number of rotatable bonds is 3. The molecule has 0 N–H and O–H groups in total. The summed E-state index contributed by atoms with van der Waals surface area (Å²) in [7, 11) is 0. The van der Waals surface area contributed by atoms with E-state index in [1.165, 1.54) is 9.80 Å². The average Bonchev–Trinajstić information content (AvgIpc) is 2.80. The molecule has 0 aromatic heterocycles. The Bertz CT molecular complexity index is 778. The first-order valence-corrected chi connectivity index (χ1v) is 7.30. The van der Waals surface area contributed by atoms with Gasteiger partial charge in [-0.2, -0.15) is 5.26 Å². The smallest absolute Gasteiger partial charge is 0.282 e. The third kappa shape index (κ3) is 2.67. The number of imide groups is 1. The van der Waals surface area contributed by atoms with E-state index >= 15 is 0 Å². The van der Waals surface area contributed by atoms with E-state index in [4.69, 9.17) is 5.26 Å². The number of benzene rings is 2. The summed E-state index contributed by atoms with van der Waals surface area (Å²) in [5, 5.41) is 8.82. The Morgan fingerprint density at radius 2 is 1.70 bits per heavy atom. The van der Waals surface area contributed by atoms with E-state index in [1.807, 2.05) is 36.4 Å². The number of hydrogen-bond donors (Lipinski definition) is 0. The molecule has 5 heteroatoms. The molecule has 5 nitrogen and oxygen atoms in total. The molecule has 23 heavy (non-hydrogen) atoms. The summed E-state index contributed by atoms with van der Waals surface area (Å²) in [5.41, 5.74) is 2.07. The standard InChI is InChI=1S/C18H15N3O2/c1-13-17(22)20(12-15-9-7-14(11-19)8-10-15)18(23)21(13)16-5-3-2-4-6-16/h2-10,13H,12H2,1H3. The lowest BCUT2D eigenvalue weighted by Gasteiger charge is -2.19. The molecule has 1 saturated heterocycles. The topological polar surface area (TPSA) is 64.4 Å². The quantitative estimate of drug-likeness (QED) is 0.819. The molecule has 3 rings (SSSR count). The Morgan fingerprint density at radius 1 is 1.04 bits per heavy atom. The first kappa shape index (κ1) is 14.8. The van der Waals surface area contributed by atoms with Gasteiger partial charge in [0.15, 0.2) is 0 Å². The summed E-state index contributed by atoms with van der Waals surface area (Å²) in [4.78, 5) is 27.8. The van der Waals surface area contributed by atoms with Crippen molar-refractivity contribution in [2.45, 2.75) is 19.5 Å². The lowest BCUT2D eigenvalue weighted by Crippen LogP contribution is -2.33. The van der Waals surface area contributed by atoms with Gasteiger partial charge >= 0.3 is 6.03 Å². The van der Waals surface area contributed by atoms with Gasteiger partial charge in [0.1, 0.15) is 6.04 Å². The molecule has 1 aliphatic rings. The zero-order valence-electron chi connectivity index (χ0n) is 12.6. The maximum atomic E-state index is 12.6. The van der Waals surface area contributed by atoms with Crippen molar-refractivity contribution >= 4 is 17.6 Å². The number of urea groups is 1. The number of nitrogens with zero attached hydrogens (tertiary/aromatic N) is 3. The second-order valence-electron chi connectivity index (χ2n) is 5.40. The van der Waals surface area contributed by atoms with Crippen molar-refractivity contribution in [3.05, 3.63) is 65.7 Å². The van der Waals surface area contributed by atoms with Gasteiger partial charge in [0, 0.05) is 5.69 Å². The van der Waals surface area contributed by atoms with Gasteiger partial charge in [0.2, 0.25) is 0 Å². The highest BCUT2D eigenvalue weighted by molar-refractivity contribution is 6.13. The van der Waals surface area contributed by atoms with Gasteiger partial charge in [-0.05, 0) is 36.8 Å². The third-order valence-electron chi connectivity index (χ3n) is 3.91. The summed E-state index contributed by atoms with van der Waals surface area (Å²) >= 11 is 0. The second kappa shape index (κ2) is 5.93. The van der Waals surface area contributed by atoms with E-state index < -0.39 is 6.04 Å². The maximum absolute atomic E-state index is 12.6. The van der Waals surface area contributed by atoms with E-state index in [0.29, 0.717) is 11.3 Å². The first-order valence-electron chi connectivity index (χ1n) is 7.30. The van der Waals surface area contributed by atoms with Crippen LogP contribution in [0.3, 0.4) is 0 Å². The van der Waals surface area contributed by atoms with Crippen LogP contribution in [-0.2, 0) is 11.3 Å². The predicted octanol–water partition coefficient (Wildman–Crippen LogP) is 2.92. The number of nitriles is 1. The zero-order chi connectivity index (χ0) is 16.4. The zero-order valence-corrected chi connectivity index (χ0v) is 12.6. The molecular weight excluding hydrogens is 290 g/mol. The maximum Gasteiger partial charge on any atom is 0.332 e. The number of carbonyl (C=O) groups is 2. The molecule has 3 amide bonds. The Labute approximate surface area is 134 Å². The van der Waals surface area contributed by atoms with Gasteiger partial charge in [-0.3, -0.25) is 14.6 Å². The van der Waals surface area contributed by atoms with Crippen LogP contribution in [0.5, 0.6) is 0 Å². The van der Waals surface area contributed by atoms with Crippen LogP contribution in [0.15, 0.2) is 54.6 Å². The highest BCUT2D eigenvalue weighted by Crippen LogP contribution is 2.26. The van der Waals surface area contributed by atoms with Gasteiger partial charge in [0.25, 0.3) is 5.91 Å². The van der Waals surface area contributed by atoms with Gasteiger partial charge < -0.3 is 0 Å². The average molecular weight is 305 g/mol. The van der Waals surface area contributed by atoms with Gasteiger partial charge in [-0.25, -0.2) is 4.79 Å². The number of anilines is 1. The number of amides is 3. The summed E-state index contributed by atoms with van der Waals surface area (Å²) in [6.07, 6.45) is 0. The minimum Gasteiger partial charge on any atom is -0.282 e. The summed E-state index contributed by atoms with van der Waals surface area (Å²) in [6.45, 7) is 1.93. The van der Waals surface area contributed by atoms with Crippen molar-refractivity contribution < 1.29 is 9.59 Å². The number of hydrogen-bond acceptors (Lipinski definition) is 3. The SMILES string of the molecule is CC1C(=O)N(Cc2ccc(C#N)cc2)C(=O)N1c1ccccc1. The molecule has 1 aliphatic heterocycles. The van der Waals surface area contributed by atoms with Crippen molar-refractivity contribution in [2.24, 2.45) is 0 Å².